The fraction of sp³-hybridized carbons (Fsp3) is 0.0870. The molecule has 4 rings (SSSR count). The van der Waals surface area contributed by atoms with Gasteiger partial charge < -0.3 is 5.32 Å². The van der Waals surface area contributed by atoms with Crippen LogP contribution in [0, 0.1) is 12.7 Å². The number of hydrogen-bond acceptors (Lipinski definition) is 4. The number of amides is 1. The summed E-state index contributed by atoms with van der Waals surface area (Å²) in [6.45, 7) is 1.98. The normalized spacial score (nSPS) is 10.9. The maximum Gasteiger partial charge on any atom is 0.234 e. The maximum atomic E-state index is 13.3. The molecule has 1 N–H and O–H groups in total. The highest BCUT2D eigenvalue weighted by atomic mass is 35.5. The Bertz CT molecular complexity index is 1230. The number of rotatable bonds is 5. The molecule has 0 spiro atoms. The topological polar surface area (TPSA) is 54.9 Å². The third-order valence-electron chi connectivity index (χ3n) is 4.44. The summed E-state index contributed by atoms with van der Waals surface area (Å²) in [5, 5.41) is 4.97. The highest BCUT2D eigenvalue weighted by molar-refractivity contribution is 8.00. The van der Waals surface area contributed by atoms with Crippen molar-refractivity contribution in [3.8, 4) is 11.4 Å². The van der Waals surface area contributed by atoms with Crippen LogP contribution in [-0.2, 0) is 4.79 Å². The van der Waals surface area contributed by atoms with Crippen LogP contribution >= 0.6 is 23.4 Å². The van der Waals surface area contributed by atoms with E-state index in [9.17, 15) is 9.18 Å². The van der Waals surface area contributed by atoms with Gasteiger partial charge in [0.1, 0.15) is 10.8 Å². The molecule has 3 aromatic carbocycles. The van der Waals surface area contributed by atoms with Crippen LogP contribution in [0.25, 0.3) is 22.3 Å². The second kappa shape index (κ2) is 8.81. The van der Waals surface area contributed by atoms with Crippen molar-refractivity contribution in [2.75, 3.05) is 11.1 Å². The first kappa shape index (κ1) is 20.3. The number of aromatic nitrogens is 2. The highest BCUT2D eigenvalue weighted by Gasteiger charge is 2.13. The predicted octanol–water partition coefficient (Wildman–Crippen LogP) is 6.13. The van der Waals surface area contributed by atoms with Gasteiger partial charge in [0.05, 0.1) is 11.3 Å². The SMILES string of the molecule is Cc1cccc2c(SCC(=O)Nc3cccc(Cl)c3)nc(-c3ccc(F)cc3)nc12. The smallest absolute Gasteiger partial charge is 0.234 e. The summed E-state index contributed by atoms with van der Waals surface area (Å²) in [6, 6.07) is 18.9. The van der Waals surface area contributed by atoms with Crippen LogP contribution in [0.5, 0.6) is 0 Å². The molecule has 1 aromatic heterocycles. The summed E-state index contributed by atoms with van der Waals surface area (Å²) in [7, 11) is 0. The van der Waals surface area contributed by atoms with Gasteiger partial charge in [0.15, 0.2) is 5.82 Å². The monoisotopic (exact) mass is 437 g/mol. The van der Waals surface area contributed by atoms with Crippen molar-refractivity contribution in [2.24, 2.45) is 0 Å². The van der Waals surface area contributed by atoms with Crippen LogP contribution in [0.15, 0.2) is 71.8 Å². The molecule has 7 heteroatoms. The van der Waals surface area contributed by atoms with Gasteiger partial charge in [-0.3, -0.25) is 4.79 Å². The molecule has 30 heavy (non-hydrogen) atoms. The predicted molar refractivity (Wildman–Crippen MR) is 120 cm³/mol. The number of thioether (sulfide) groups is 1. The Morgan fingerprint density at radius 2 is 1.83 bits per heavy atom. The summed E-state index contributed by atoms with van der Waals surface area (Å²) >= 11 is 7.30. The molecular weight excluding hydrogens is 421 g/mol. The number of fused-ring (bicyclic) bond motifs is 1. The molecule has 0 atom stereocenters. The average Bonchev–Trinajstić information content (AvgIpc) is 2.73. The average molecular weight is 438 g/mol. The standard InChI is InChI=1S/C23H17ClFN3OS/c1-14-4-2-7-19-21(14)27-22(15-8-10-17(25)11-9-15)28-23(19)30-13-20(29)26-18-6-3-5-16(24)12-18/h2-12H,13H2,1H3,(H,26,29). The number of nitrogens with one attached hydrogen (secondary N) is 1. The van der Waals surface area contributed by atoms with Crippen molar-refractivity contribution >= 4 is 45.9 Å². The summed E-state index contributed by atoms with van der Waals surface area (Å²) in [5.41, 5.74) is 3.17. The van der Waals surface area contributed by atoms with Crippen molar-refractivity contribution in [1.82, 2.24) is 9.97 Å². The molecule has 0 radical (unpaired) electrons. The number of nitrogens with zero attached hydrogens (tertiary/aromatic N) is 2. The van der Waals surface area contributed by atoms with E-state index in [1.165, 1.54) is 23.9 Å². The van der Waals surface area contributed by atoms with Crippen LogP contribution < -0.4 is 5.32 Å². The number of carbonyl (C=O) groups is 1. The van der Waals surface area contributed by atoms with E-state index < -0.39 is 0 Å². The Morgan fingerprint density at radius 1 is 1.07 bits per heavy atom. The van der Waals surface area contributed by atoms with Gasteiger partial charge >= 0.3 is 0 Å². The molecule has 0 aliphatic rings. The largest absolute Gasteiger partial charge is 0.325 e. The van der Waals surface area contributed by atoms with E-state index in [0.717, 1.165) is 16.5 Å². The summed E-state index contributed by atoms with van der Waals surface area (Å²) < 4.78 is 13.3. The molecule has 0 unspecified atom stereocenters. The van der Waals surface area contributed by atoms with E-state index >= 15 is 0 Å². The van der Waals surface area contributed by atoms with Crippen molar-refractivity contribution in [3.63, 3.8) is 0 Å². The Kier molecular flexibility index (Phi) is 5.97. The first-order chi connectivity index (χ1) is 14.5. The van der Waals surface area contributed by atoms with Crippen LogP contribution in [-0.4, -0.2) is 21.6 Å². The zero-order valence-corrected chi connectivity index (χ0v) is 17.6. The van der Waals surface area contributed by atoms with Gasteiger partial charge in [0.2, 0.25) is 5.91 Å². The van der Waals surface area contributed by atoms with Gasteiger partial charge in [-0.25, -0.2) is 14.4 Å². The van der Waals surface area contributed by atoms with Gasteiger partial charge in [-0.15, -0.1) is 0 Å². The lowest BCUT2D eigenvalue weighted by atomic mass is 10.1. The molecule has 4 aromatic rings. The minimum atomic E-state index is -0.317. The molecule has 0 aliphatic carbocycles. The zero-order valence-electron chi connectivity index (χ0n) is 16.0. The van der Waals surface area contributed by atoms with E-state index in [2.05, 4.69) is 15.3 Å². The second-order valence-electron chi connectivity index (χ2n) is 6.68. The number of para-hydroxylation sites is 1. The molecular formula is C23H17ClFN3OS. The Hall–Kier alpha value is -2.96. The molecule has 0 saturated heterocycles. The van der Waals surface area contributed by atoms with Crippen LogP contribution in [0.3, 0.4) is 0 Å². The van der Waals surface area contributed by atoms with Gasteiger partial charge in [0.25, 0.3) is 0 Å². The minimum absolute atomic E-state index is 0.162. The summed E-state index contributed by atoms with van der Waals surface area (Å²) in [5.74, 6) is 0.192. The first-order valence-corrected chi connectivity index (χ1v) is 10.6. The molecule has 4 nitrogen and oxygen atoms in total. The number of halogens is 2. The van der Waals surface area contributed by atoms with Gasteiger partial charge in [-0.2, -0.15) is 0 Å². The first-order valence-electron chi connectivity index (χ1n) is 9.21. The molecule has 1 amide bonds. The Balaban J connectivity index is 1.63. The van der Waals surface area contributed by atoms with E-state index in [0.29, 0.717) is 27.1 Å². The quantitative estimate of drug-likeness (QED) is 0.301. The number of hydrogen-bond donors (Lipinski definition) is 1. The van der Waals surface area contributed by atoms with Crippen LogP contribution in [0.2, 0.25) is 5.02 Å². The van der Waals surface area contributed by atoms with E-state index in [4.69, 9.17) is 11.6 Å². The number of aryl methyl sites for hydroxylation is 1. The van der Waals surface area contributed by atoms with E-state index in [-0.39, 0.29) is 17.5 Å². The third-order valence-corrected chi connectivity index (χ3v) is 5.67. The summed E-state index contributed by atoms with van der Waals surface area (Å²) in [4.78, 5) is 21.8. The molecule has 0 saturated carbocycles. The lowest BCUT2D eigenvalue weighted by Crippen LogP contribution is -2.14. The minimum Gasteiger partial charge on any atom is -0.325 e. The highest BCUT2D eigenvalue weighted by Crippen LogP contribution is 2.30. The van der Waals surface area contributed by atoms with Gasteiger partial charge in [-0.05, 0) is 55.0 Å². The van der Waals surface area contributed by atoms with Gasteiger partial charge in [0, 0.05) is 21.7 Å². The van der Waals surface area contributed by atoms with Crippen LogP contribution in [0.4, 0.5) is 10.1 Å². The maximum absolute atomic E-state index is 13.3. The molecule has 0 aliphatic heterocycles. The van der Waals surface area contributed by atoms with Crippen LogP contribution in [0.1, 0.15) is 5.56 Å². The van der Waals surface area contributed by atoms with Crippen molar-refractivity contribution in [1.29, 1.82) is 0 Å². The number of benzene rings is 3. The Morgan fingerprint density at radius 3 is 2.60 bits per heavy atom. The van der Waals surface area contributed by atoms with Crippen molar-refractivity contribution < 1.29 is 9.18 Å². The summed E-state index contributed by atoms with van der Waals surface area (Å²) in [6.07, 6.45) is 0. The Labute approximate surface area is 182 Å². The molecule has 0 bridgehead atoms. The second-order valence-corrected chi connectivity index (χ2v) is 8.08. The van der Waals surface area contributed by atoms with Gasteiger partial charge in [-0.1, -0.05) is 47.6 Å². The number of carbonyl (C=O) groups excluding carboxylic acids is 1. The van der Waals surface area contributed by atoms with Crippen molar-refractivity contribution in [3.05, 3.63) is 83.1 Å². The van der Waals surface area contributed by atoms with E-state index in [1.54, 1.807) is 36.4 Å². The number of anilines is 1. The lowest BCUT2D eigenvalue weighted by Gasteiger charge is -2.11. The van der Waals surface area contributed by atoms with Crippen molar-refractivity contribution in [2.45, 2.75) is 11.9 Å². The molecule has 150 valence electrons. The van der Waals surface area contributed by atoms with E-state index in [1.807, 2.05) is 25.1 Å². The molecule has 1 heterocycles. The lowest BCUT2D eigenvalue weighted by molar-refractivity contribution is -0.113. The molecule has 0 fully saturated rings. The third kappa shape index (κ3) is 4.61. The zero-order chi connectivity index (χ0) is 21.1. The fourth-order valence-corrected chi connectivity index (χ4v) is 4.00. The fourth-order valence-electron chi connectivity index (χ4n) is 3.00.